The molecule has 0 saturated carbocycles. The van der Waals surface area contributed by atoms with E-state index in [1.807, 2.05) is 12.1 Å². The number of hydrogen-bond acceptors (Lipinski definition) is 3. The third-order valence-corrected chi connectivity index (χ3v) is 11.3. The number of phenolic OH excluding ortho intramolecular Hbond substituents is 1. The van der Waals surface area contributed by atoms with E-state index in [0.717, 1.165) is 51.2 Å². The maximum atomic E-state index is 13.3. The molecule has 1 atom stereocenters. The summed E-state index contributed by atoms with van der Waals surface area (Å²) in [5.74, 6) is 0.0973. The highest BCUT2D eigenvalue weighted by Crippen LogP contribution is 2.28. The van der Waals surface area contributed by atoms with Gasteiger partial charge in [0.1, 0.15) is 11.8 Å². The molecule has 0 aliphatic heterocycles. The van der Waals surface area contributed by atoms with Crippen LogP contribution in [0.2, 0.25) is 0 Å². The summed E-state index contributed by atoms with van der Waals surface area (Å²) in [5.41, 5.74) is 0.939. The summed E-state index contributed by atoms with van der Waals surface area (Å²) >= 11 is 4.24. The van der Waals surface area contributed by atoms with Crippen molar-refractivity contribution in [2.24, 2.45) is 0 Å². The van der Waals surface area contributed by atoms with Crippen molar-refractivity contribution in [3.8, 4) is 5.75 Å². The standard InChI is InChI=1S/C43H74I2N2O3/c1-3-5-7-9-11-13-15-17-19-20-22-24-26-28-30-32-41(48)47-40(36-37-34-38(44)42(49)39(45)35-37)43(50)46-33-31-29-27-25-23-21-18-16-14-12-10-8-6-4-2/h17,19,34-35,40,49H,3-16,18,20-33,36H2,1-2H3,(H,46,50)(H,47,48). The molecule has 0 heterocycles. The monoisotopic (exact) mass is 920 g/mol. The third-order valence-electron chi connectivity index (χ3n) is 9.66. The first-order valence-electron chi connectivity index (χ1n) is 20.8. The lowest BCUT2D eigenvalue weighted by molar-refractivity contribution is -0.129. The molecule has 0 spiro atoms. The lowest BCUT2D eigenvalue weighted by Crippen LogP contribution is -2.48. The van der Waals surface area contributed by atoms with E-state index < -0.39 is 6.04 Å². The lowest BCUT2D eigenvalue weighted by atomic mass is 10.0. The van der Waals surface area contributed by atoms with Crippen molar-refractivity contribution in [2.45, 2.75) is 206 Å². The van der Waals surface area contributed by atoms with Gasteiger partial charge in [0, 0.05) is 19.4 Å². The smallest absolute Gasteiger partial charge is 0.242 e. The van der Waals surface area contributed by atoms with Crippen LogP contribution in [0.3, 0.4) is 0 Å². The van der Waals surface area contributed by atoms with Gasteiger partial charge in [0.2, 0.25) is 11.8 Å². The van der Waals surface area contributed by atoms with Crippen LogP contribution in [0.15, 0.2) is 24.3 Å². The van der Waals surface area contributed by atoms with E-state index in [1.54, 1.807) is 0 Å². The number of carbonyl (C=O) groups excluding carboxylic acids is 2. The van der Waals surface area contributed by atoms with Gasteiger partial charge in [0.15, 0.2) is 0 Å². The van der Waals surface area contributed by atoms with Crippen LogP contribution in [0, 0.1) is 7.14 Å². The number of unbranched alkanes of at least 4 members (excludes halogenated alkanes) is 24. The summed E-state index contributed by atoms with van der Waals surface area (Å²) in [6.07, 6.45) is 39.8. The van der Waals surface area contributed by atoms with Crippen LogP contribution < -0.4 is 10.6 Å². The van der Waals surface area contributed by atoms with Crippen LogP contribution in [-0.2, 0) is 16.0 Å². The fraction of sp³-hybridized carbons (Fsp3) is 0.767. The molecule has 0 aromatic heterocycles. The first-order valence-corrected chi connectivity index (χ1v) is 22.9. The summed E-state index contributed by atoms with van der Waals surface area (Å²) in [6, 6.07) is 3.19. The second-order valence-corrected chi connectivity index (χ2v) is 16.8. The summed E-state index contributed by atoms with van der Waals surface area (Å²) < 4.78 is 1.51. The summed E-state index contributed by atoms with van der Waals surface area (Å²) in [5, 5.41) is 16.4. The number of phenols is 1. The van der Waals surface area contributed by atoms with Gasteiger partial charge in [-0.1, -0.05) is 161 Å². The predicted octanol–water partition coefficient (Wildman–Crippen LogP) is 13.3. The number of benzene rings is 1. The molecule has 0 aliphatic rings. The molecular weight excluding hydrogens is 846 g/mol. The Labute approximate surface area is 335 Å². The Balaban J connectivity index is 2.30. The fourth-order valence-corrected chi connectivity index (χ4v) is 8.36. The minimum absolute atomic E-state index is 0.0533. The molecule has 2 amide bonds. The highest BCUT2D eigenvalue weighted by Gasteiger charge is 2.22. The molecule has 1 rings (SSSR count). The number of aromatic hydroxyl groups is 1. The molecule has 1 aromatic carbocycles. The second-order valence-electron chi connectivity index (χ2n) is 14.5. The first-order chi connectivity index (χ1) is 24.4. The minimum Gasteiger partial charge on any atom is -0.506 e. The Kier molecular flexibility index (Phi) is 32.0. The normalized spacial score (nSPS) is 12.1. The van der Waals surface area contributed by atoms with Gasteiger partial charge in [-0.05, 0) is 101 Å². The SMILES string of the molecule is CCCCCCCCC=CCCCCCCCC(=O)NC(Cc1cc(I)c(O)c(I)c1)C(=O)NCCCCCCCCCCCCCCCC. The molecule has 1 unspecified atom stereocenters. The van der Waals surface area contributed by atoms with Crippen LogP contribution >= 0.6 is 45.2 Å². The number of allylic oxidation sites excluding steroid dienone is 2. The largest absolute Gasteiger partial charge is 0.506 e. The van der Waals surface area contributed by atoms with Crippen molar-refractivity contribution in [3.05, 3.63) is 37.0 Å². The first kappa shape index (κ1) is 47.2. The van der Waals surface area contributed by atoms with Crippen LogP contribution in [0.1, 0.15) is 199 Å². The van der Waals surface area contributed by atoms with Crippen molar-refractivity contribution < 1.29 is 14.7 Å². The van der Waals surface area contributed by atoms with Gasteiger partial charge < -0.3 is 15.7 Å². The van der Waals surface area contributed by atoms with Crippen molar-refractivity contribution in [2.75, 3.05) is 6.54 Å². The van der Waals surface area contributed by atoms with E-state index in [-0.39, 0.29) is 17.6 Å². The molecule has 288 valence electrons. The van der Waals surface area contributed by atoms with E-state index in [4.69, 9.17) is 0 Å². The van der Waals surface area contributed by atoms with Gasteiger partial charge in [-0.3, -0.25) is 9.59 Å². The van der Waals surface area contributed by atoms with E-state index in [9.17, 15) is 14.7 Å². The van der Waals surface area contributed by atoms with Gasteiger partial charge in [-0.25, -0.2) is 0 Å². The molecule has 50 heavy (non-hydrogen) atoms. The Bertz CT molecular complexity index is 993. The van der Waals surface area contributed by atoms with E-state index in [2.05, 4.69) is 81.8 Å². The number of halogens is 2. The topological polar surface area (TPSA) is 78.4 Å². The van der Waals surface area contributed by atoms with Crippen molar-refractivity contribution >= 4 is 57.0 Å². The average molecular weight is 921 g/mol. The third kappa shape index (κ3) is 26.9. The van der Waals surface area contributed by atoms with Crippen molar-refractivity contribution in [1.29, 1.82) is 0 Å². The lowest BCUT2D eigenvalue weighted by Gasteiger charge is -2.19. The Morgan fingerprint density at radius 1 is 0.620 bits per heavy atom. The molecule has 0 aliphatic carbocycles. The van der Waals surface area contributed by atoms with Crippen LogP contribution in [-0.4, -0.2) is 29.5 Å². The zero-order valence-corrected chi connectivity index (χ0v) is 36.4. The van der Waals surface area contributed by atoms with E-state index in [1.165, 1.54) is 135 Å². The summed E-state index contributed by atoms with van der Waals surface area (Å²) in [6.45, 7) is 5.18. The van der Waals surface area contributed by atoms with Gasteiger partial charge in [-0.2, -0.15) is 0 Å². The zero-order chi connectivity index (χ0) is 36.5. The fourth-order valence-electron chi connectivity index (χ4n) is 6.46. The number of rotatable bonds is 34. The predicted molar refractivity (Wildman–Crippen MR) is 232 cm³/mol. The minimum atomic E-state index is -0.617. The molecule has 0 bridgehead atoms. The van der Waals surface area contributed by atoms with E-state index in [0.29, 0.717) is 19.4 Å². The highest BCUT2D eigenvalue weighted by atomic mass is 127. The molecule has 0 fully saturated rings. The van der Waals surface area contributed by atoms with Gasteiger partial charge in [0.05, 0.1) is 7.14 Å². The zero-order valence-electron chi connectivity index (χ0n) is 32.1. The average Bonchev–Trinajstić information content (AvgIpc) is 3.10. The maximum Gasteiger partial charge on any atom is 0.242 e. The van der Waals surface area contributed by atoms with Crippen LogP contribution in [0.5, 0.6) is 5.75 Å². The molecule has 0 radical (unpaired) electrons. The second kappa shape index (κ2) is 34.0. The van der Waals surface area contributed by atoms with Crippen LogP contribution in [0.25, 0.3) is 0 Å². The highest BCUT2D eigenvalue weighted by molar-refractivity contribution is 14.1. The number of hydrogen-bond donors (Lipinski definition) is 3. The molecule has 7 heteroatoms. The molecule has 1 aromatic rings. The van der Waals surface area contributed by atoms with Crippen LogP contribution in [0.4, 0.5) is 0 Å². The van der Waals surface area contributed by atoms with Gasteiger partial charge in [-0.15, -0.1) is 0 Å². The van der Waals surface area contributed by atoms with Gasteiger partial charge in [0.25, 0.3) is 0 Å². The van der Waals surface area contributed by atoms with Gasteiger partial charge >= 0.3 is 0 Å². The Hall–Kier alpha value is -0.840. The number of carbonyl (C=O) groups is 2. The van der Waals surface area contributed by atoms with Crippen molar-refractivity contribution in [1.82, 2.24) is 10.6 Å². The Morgan fingerprint density at radius 3 is 1.48 bits per heavy atom. The Morgan fingerprint density at radius 2 is 1.02 bits per heavy atom. The van der Waals surface area contributed by atoms with E-state index >= 15 is 0 Å². The van der Waals surface area contributed by atoms with Crippen molar-refractivity contribution in [3.63, 3.8) is 0 Å². The molecule has 3 N–H and O–H groups in total. The summed E-state index contributed by atoms with van der Waals surface area (Å²) in [4.78, 5) is 26.2. The quantitative estimate of drug-likeness (QED) is 0.0366. The number of amides is 2. The summed E-state index contributed by atoms with van der Waals surface area (Å²) in [7, 11) is 0. The molecule has 5 nitrogen and oxygen atoms in total. The number of nitrogens with one attached hydrogen (secondary N) is 2. The molecule has 0 saturated heterocycles. The molecular formula is C43H74I2N2O3. The maximum absolute atomic E-state index is 13.3.